The van der Waals surface area contributed by atoms with Gasteiger partial charge in [-0.25, -0.2) is 0 Å². The van der Waals surface area contributed by atoms with Crippen LogP contribution < -0.4 is 0 Å². The van der Waals surface area contributed by atoms with Crippen LogP contribution in [0.1, 0.15) is 13.3 Å². The first kappa shape index (κ1) is 8.34. The van der Waals surface area contributed by atoms with E-state index in [1.54, 1.807) is 14.2 Å². The van der Waals surface area contributed by atoms with Gasteiger partial charge in [0, 0.05) is 7.11 Å². The third-order valence-electron chi connectivity index (χ3n) is 1.80. The van der Waals surface area contributed by atoms with Gasteiger partial charge in [0.05, 0.1) is 13.2 Å². The van der Waals surface area contributed by atoms with Crippen LogP contribution in [0.4, 0.5) is 0 Å². The Morgan fingerprint density at radius 1 is 1.45 bits per heavy atom. The molecule has 0 saturated heterocycles. The van der Waals surface area contributed by atoms with E-state index in [0.717, 1.165) is 12.2 Å². The highest BCUT2D eigenvalue weighted by molar-refractivity contribution is 5.24. The summed E-state index contributed by atoms with van der Waals surface area (Å²) in [7, 11) is 3.39. The van der Waals surface area contributed by atoms with E-state index >= 15 is 0 Å². The van der Waals surface area contributed by atoms with Crippen molar-refractivity contribution in [3.8, 4) is 0 Å². The first-order valence-corrected chi connectivity index (χ1v) is 3.72. The van der Waals surface area contributed by atoms with Crippen LogP contribution in [0.5, 0.6) is 0 Å². The molecule has 1 atom stereocenters. The van der Waals surface area contributed by atoms with E-state index < -0.39 is 0 Å². The molecule has 1 aliphatic carbocycles. The summed E-state index contributed by atoms with van der Waals surface area (Å²) in [5.74, 6) is 0.903. The topological polar surface area (TPSA) is 18.5 Å². The zero-order valence-corrected chi connectivity index (χ0v) is 7.26. The lowest BCUT2D eigenvalue weighted by molar-refractivity contribution is 0.134. The maximum Gasteiger partial charge on any atom is 0.117 e. The van der Waals surface area contributed by atoms with Crippen molar-refractivity contribution in [1.29, 1.82) is 0 Å². The first-order valence-electron chi connectivity index (χ1n) is 3.72. The third-order valence-corrected chi connectivity index (χ3v) is 1.80. The predicted octanol–water partition coefficient (Wildman–Crippen LogP) is 1.88. The summed E-state index contributed by atoms with van der Waals surface area (Å²) in [6.07, 6.45) is 5.20. The van der Waals surface area contributed by atoms with E-state index in [4.69, 9.17) is 9.47 Å². The first-order chi connectivity index (χ1) is 5.26. The second-order valence-electron chi connectivity index (χ2n) is 2.74. The van der Waals surface area contributed by atoms with Crippen molar-refractivity contribution in [3.63, 3.8) is 0 Å². The number of methoxy groups -OCH3 is 2. The molecule has 0 spiro atoms. The Hall–Kier alpha value is -0.760. The van der Waals surface area contributed by atoms with Crippen LogP contribution in [-0.4, -0.2) is 20.3 Å². The molecule has 2 nitrogen and oxygen atoms in total. The molecule has 2 heteroatoms. The molecular weight excluding hydrogens is 140 g/mol. The second-order valence-corrected chi connectivity index (χ2v) is 2.74. The molecule has 0 aliphatic heterocycles. The van der Waals surface area contributed by atoms with E-state index in [-0.39, 0.29) is 6.10 Å². The van der Waals surface area contributed by atoms with Gasteiger partial charge in [0.1, 0.15) is 5.76 Å². The lowest BCUT2D eigenvalue weighted by atomic mass is 10.0. The predicted molar refractivity (Wildman–Crippen MR) is 44.3 cm³/mol. The molecule has 1 rings (SSSR count). The molecule has 0 aromatic carbocycles. The molecule has 0 N–H and O–H groups in total. The smallest absolute Gasteiger partial charge is 0.117 e. The Balaban J connectivity index is 2.69. The van der Waals surface area contributed by atoms with Crippen molar-refractivity contribution >= 4 is 0 Å². The fourth-order valence-corrected chi connectivity index (χ4v) is 1.19. The lowest BCUT2D eigenvalue weighted by Gasteiger charge is -2.17. The van der Waals surface area contributed by atoms with E-state index in [1.165, 1.54) is 5.57 Å². The quantitative estimate of drug-likeness (QED) is 0.604. The Morgan fingerprint density at radius 2 is 2.18 bits per heavy atom. The van der Waals surface area contributed by atoms with Gasteiger partial charge in [-0.2, -0.15) is 0 Å². The van der Waals surface area contributed by atoms with Gasteiger partial charge in [-0.3, -0.25) is 0 Å². The molecule has 0 aromatic rings. The summed E-state index contributed by atoms with van der Waals surface area (Å²) >= 11 is 0. The number of hydrogen-bond acceptors (Lipinski definition) is 2. The number of ether oxygens (including phenoxy) is 2. The van der Waals surface area contributed by atoms with Gasteiger partial charge in [0.25, 0.3) is 0 Å². The highest BCUT2D eigenvalue weighted by Crippen LogP contribution is 2.19. The van der Waals surface area contributed by atoms with Crippen LogP contribution in [0.15, 0.2) is 23.5 Å². The maximum atomic E-state index is 5.20. The second kappa shape index (κ2) is 3.58. The van der Waals surface area contributed by atoms with Gasteiger partial charge in [-0.15, -0.1) is 0 Å². The zero-order valence-electron chi connectivity index (χ0n) is 7.26. The average molecular weight is 154 g/mol. The normalized spacial score (nSPS) is 24.1. The largest absolute Gasteiger partial charge is 0.497 e. The summed E-state index contributed by atoms with van der Waals surface area (Å²) in [6.45, 7) is 2.08. The molecule has 0 radical (unpaired) electrons. The van der Waals surface area contributed by atoms with Gasteiger partial charge >= 0.3 is 0 Å². The summed E-state index contributed by atoms with van der Waals surface area (Å²) in [4.78, 5) is 0. The number of rotatable bonds is 2. The zero-order chi connectivity index (χ0) is 8.27. The lowest BCUT2D eigenvalue weighted by Crippen LogP contribution is -2.12. The molecule has 1 aliphatic rings. The van der Waals surface area contributed by atoms with Crippen molar-refractivity contribution in [2.24, 2.45) is 0 Å². The third kappa shape index (κ3) is 2.09. The Bertz CT molecular complexity index is 192. The molecule has 0 saturated carbocycles. The summed E-state index contributed by atoms with van der Waals surface area (Å²) < 4.78 is 10.3. The van der Waals surface area contributed by atoms with E-state index in [2.05, 4.69) is 6.92 Å². The van der Waals surface area contributed by atoms with E-state index in [0.29, 0.717) is 0 Å². The van der Waals surface area contributed by atoms with Gasteiger partial charge in [0.15, 0.2) is 0 Å². The van der Waals surface area contributed by atoms with Crippen LogP contribution in [0.2, 0.25) is 0 Å². The molecule has 1 unspecified atom stereocenters. The fourth-order valence-electron chi connectivity index (χ4n) is 1.19. The van der Waals surface area contributed by atoms with Gasteiger partial charge in [-0.1, -0.05) is 5.57 Å². The Labute approximate surface area is 67.5 Å². The molecule has 11 heavy (non-hydrogen) atoms. The fraction of sp³-hybridized carbons (Fsp3) is 0.556. The minimum Gasteiger partial charge on any atom is -0.497 e. The summed E-state index contributed by atoms with van der Waals surface area (Å²) in [6, 6.07) is 0. The summed E-state index contributed by atoms with van der Waals surface area (Å²) in [5, 5.41) is 0. The van der Waals surface area contributed by atoms with Crippen LogP contribution in [0.3, 0.4) is 0 Å². The van der Waals surface area contributed by atoms with Crippen molar-refractivity contribution in [1.82, 2.24) is 0 Å². The average Bonchev–Trinajstić information content (AvgIpc) is 2.03. The molecule has 0 aromatic heterocycles. The van der Waals surface area contributed by atoms with Crippen molar-refractivity contribution in [2.45, 2.75) is 19.4 Å². The molecule has 62 valence electrons. The minimum atomic E-state index is 0.190. The molecule has 0 bridgehead atoms. The molecule has 0 amide bonds. The summed E-state index contributed by atoms with van der Waals surface area (Å²) in [5.41, 5.74) is 1.30. The van der Waals surface area contributed by atoms with Gasteiger partial charge in [-0.05, 0) is 25.5 Å². The van der Waals surface area contributed by atoms with Crippen LogP contribution in [0, 0.1) is 0 Å². The molecular formula is C9H14O2. The molecule has 0 fully saturated rings. The van der Waals surface area contributed by atoms with Gasteiger partial charge in [0.2, 0.25) is 0 Å². The van der Waals surface area contributed by atoms with Crippen LogP contribution in [-0.2, 0) is 9.47 Å². The maximum absolute atomic E-state index is 5.20. The van der Waals surface area contributed by atoms with Crippen molar-refractivity contribution < 1.29 is 9.47 Å². The number of hydrogen-bond donors (Lipinski definition) is 0. The Kier molecular flexibility index (Phi) is 2.71. The SMILES string of the molecule is COC1=CC(OC)CC(C)=C1. The Morgan fingerprint density at radius 3 is 2.73 bits per heavy atom. The standard InChI is InChI=1S/C9H14O2/c1-7-4-8(10-2)6-9(5-7)11-3/h4,6,9H,5H2,1-3H3. The van der Waals surface area contributed by atoms with E-state index in [9.17, 15) is 0 Å². The minimum absolute atomic E-state index is 0.190. The van der Waals surface area contributed by atoms with E-state index in [1.807, 2.05) is 12.2 Å². The van der Waals surface area contributed by atoms with Crippen molar-refractivity contribution in [3.05, 3.63) is 23.5 Å². The van der Waals surface area contributed by atoms with Crippen LogP contribution >= 0.6 is 0 Å². The monoisotopic (exact) mass is 154 g/mol. The van der Waals surface area contributed by atoms with Crippen molar-refractivity contribution in [2.75, 3.05) is 14.2 Å². The number of allylic oxidation sites excluding steroid dienone is 1. The van der Waals surface area contributed by atoms with Gasteiger partial charge < -0.3 is 9.47 Å². The van der Waals surface area contributed by atoms with Crippen LogP contribution in [0.25, 0.3) is 0 Å². The highest BCUT2D eigenvalue weighted by Gasteiger charge is 2.11. The highest BCUT2D eigenvalue weighted by atomic mass is 16.5. The molecule has 0 heterocycles.